The molecule has 0 saturated heterocycles. The SMILES string of the molecule is COc1cc2c(cc1OC)[C@@H](COc1ccc(F)cc1)N(C(=S)NCCc1ccccc1)CC2. The van der Waals surface area contributed by atoms with Gasteiger partial charge in [0.05, 0.1) is 20.3 Å². The predicted molar refractivity (Wildman–Crippen MR) is 135 cm³/mol. The predicted octanol–water partition coefficient (Wildman–Crippen LogP) is 4.94. The summed E-state index contributed by atoms with van der Waals surface area (Å²) in [4.78, 5) is 2.16. The van der Waals surface area contributed by atoms with Crippen LogP contribution < -0.4 is 19.5 Å². The van der Waals surface area contributed by atoms with E-state index in [1.807, 2.05) is 30.3 Å². The number of nitrogens with zero attached hydrogens (tertiary/aromatic N) is 1. The highest BCUT2D eigenvalue weighted by atomic mass is 32.1. The topological polar surface area (TPSA) is 43.0 Å². The van der Waals surface area contributed by atoms with Gasteiger partial charge < -0.3 is 24.4 Å². The molecule has 0 saturated carbocycles. The smallest absolute Gasteiger partial charge is 0.169 e. The molecule has 0 unspecified atom stereocenters. The summed E-state index contributed by atoms with van der Waals surface area (Å²) in [6, 6.07) is 20.3. The van der Waals surface area contributed by atoms with Gasteiger partial charge in [0.2, 0.25) is 0 Å². The molecular weight excluding hydrogens is 451 g/mol. The van der Waals surface area contributed by atoms with E-state index in [1.165, 1.54) is 23.3 Å². The average molecular weight is 481 g/mol. The zero-order valence-electron chi connectivity index (χ0n) is 19.4. The maximum atomic E-state index is 13.3. The molecule has 1 N–H and O–H groups in total. The van der Waals surface area contributed by atoms with Crippen molar-refractivity contribution in [3.63, 3.8) is 0 Å². The van der Waals surface area contributed by atoms with E-state index >= 15 is 0 Å². The third-order valence-corrected chi connectivity index (χ3v) is 6.40. The van der Waals surface area contributed by atoms with E-state index in [0.717, 1.165) is 31.5 Å². The first-order valence-corrected chi connectivity index (χ1v) is 11.7. The van der Waals surface area contributed by atoms with Crippen molar-refractivity contribution in [2.45, 2.75) is 18.9 Å². The van der Waals surface area contributed by atoms with Crippen molar-refractivity contribution in [2.75, 3.05) is 33.9 Å². The number of hydrogen-bond acceptors (Lipinski definition) is 4. The molecule has 3 aromatic carbocycles. The van der Waals surface area contributed by atoms with Gasteiger partial charge in [0.1, 0.15) is 18.2 Å². The Morgan fingerprint density at radius 2 is 1.74 bits per heavy atom. The molecule has 1 atom stereocenters. The normalized spacial score (nSPS) is 14.8. The van der Waals surface area contributed by atoms with Gasteiger partial charge in [-0.2, -0.15) is 0 Å². The highest BCUT2D eigenvalue weighted by Crippen LogP contribution is 2.38. The Kier molecular flexibility index (Phi) is 7.85. The molecule has 0 bridgehead atoms. The third kappa shape index (κ3) is 5.59. The minimum atomic E-state index is -0.294. The van der Waals surface area contributed by atoms with Crippen molar-refractivity contribution in [2.24, 2.45) is 0 Å². The standard InChI is InChI=1S/C27H29FN2O3S/c1-31-25-16-20-13-15-30(27(34)29-14-12-19-6-4-3-5-7-19)24(23(20)17-26(25)32-2)18-33-22-10-8-21(28)9-11-22/h3-11,16-17,24H,12-15,18H2,1-2H3,(H,29,34)/t24-/m1/s1. The van der Waals surface area contributed by atoms with Crippen LogP contribution in [0.15, 0.2) is 66.7 Å². The first kappa shape index (κ1) is 23.8. The lowest BCUT2D eigenvalue weighted by Crippen LogP contribution is -2.47. The lowest BCUT2D eigenvalue weighted by atomic mass is 9.92. The van der Waals surface area contributed by atoms with Crippen LogP contribution >= 0.6 is 12.2 Å². The van der Waals surface area contributed by atoms with Crippen molar-refractivity contribution >= 4 is 17.3 Å². The molecule has 178 valence electrons. The Morgan fingerprint density at radius 1 is 1.03 bits per heavy atom. The molecule has 0 aliphatic carbocycles. The molecule has 1 heterocycles. The van der Waals surface area contributed by atoms with E-state index in [9.17, 15) is 4.39 Å². The second-order valence-corrected chi connectivity index (χ2v) is 8.48. The number of nitrogens with one attached hydrogen (secondary N) is 1. The van der Waals surface area contributed by atoms with Crippen LogP contribution in [-0.2, 0) is 12.8 Å². The maximum absolute atomic E-state index is 13.3. The van der Waals surface area contributed by atoms with E-state index in [2.05, 4.69) is 22.3 Å². The van der Waals surface area contributed by atoms with Crippen LogP contribution in [0.3, 0.4) is 0 Å². The van der Waals surface area contributed by atoms with Crippen molar-refractivity contribution in [3.8, 4) is 17.2 Å². The fourth-order valence-electron chi connectivity index (χ4n) is 4.22. The first-order chi connectivity index (χ1) is 16.6. The number of fused-ring (bicyclic) bond motifs is 1. The molecule has 5 nitrogen and oxygen atoms in total. The zero-order chi connectivity index (χ0) is 23.9. The number of thiocarbonyl (C=S) groups is 1. The second-order valence-electron chi connectivity index (χ2n) is 8.10. The van der Waals surface area contributed by atoms with Gasteiger partial charge in [0.25, 0.3) is 0 Å². The van der Waals surface area contributed by atoms with Crippen molar-refractivity contribution in [3.05, 3.63) is 89.2 Å². The summed E-state index contributed by atoms with van der Waals surface area (Å²) in [5.74, 6) is 1.68. The number of ether oxygens (including phenoxy) is 3. The molecule has 1 aliphatic rings. The quantitative estimate of drug-likeness (QED) is 0.461. The lowest BCUT2D eigenvalue weighted by molar-refractivity contribution is 0.187. The minimum Gasteiger partial charge on any atom is -0.493 e. The molecule has 0 spiro atoms. The highest BCUT2D eigenvalue weighted by Gasteiger charge is 2.31. The second kappa shape index (κ2) is 11.2. The van der Waals surface area contributed by atoms with Gasteiger partial charge in [-0.3, -0.25) is 0 Å². The van der Waals surface area contributed by atoms with Crippen LogP contribution in [0.2, 0.25) is 0 Å². The summed E-state index contributed by atoms with van der Waals surface area (Å²) < 4.78 is 30.5. The van der Waals surface area contributed by atoms with Gasteiger partial charge in [0.15, 0.2) is 16.6 Å². The Hall–Kier alpha value is -3.32. The first-order valence-electron chi connectivity index (χ1n) is 11.3. The number of rotatable bonds is 8. The Labute approximate surface area is 205 Å². The van der Waals surface area contributed by atoms with E-state index < -0.39 is 0 Å². The van der Waals surface area contributed by atoms with Crippen LogP contribution in [0.25, 0.3) is 0 Å². The number of methoxy groups -OCH3 is 2. The van der Waals surface area contributed by atoms with Gasteiger partial charge >= 0.3 is 0 Å². The van der Waals surface area contributed by atoms with Gasteiger partial charge in [-0.25, -0.2) is 4.39 Å². The number of hydrogen-bond donors (Lipinski definition) is 1. The highest BCUT2D eigenvalue weighted by molar-refractivity contribution is 7.80. The monoisotopic (exact) mass is 480 g/mol. The van der Waals surface area contributed by atoms with E-state index in [0.29, 0.717) is 29.0 Å². The molecule has 7 heteroatoms. The Bertz CT molecular complexity index is 1110. The summed E-state index contributed by atoms with van der Waals surface area (Å²) in [6.45, 7) is 1.84. The Balaban J connectivity index is 1.54. The third-order valence-electron chi connectivity index (χ3n) is 6.02. The lowest BCUT2D eigenvalue weighted by Gasteiger charge is -2.39. The van der Waals surface area contributed by atoms with E-state index in [4.69, 9.17) is 26.4 Å². The molecule has 0 radical (unpaired) electrons. The van der Waals surface area contributed by atoms with Gasteiger partial charge in [-0.1, -0.05) is 30.3 Å². The summed E-state index contributed by atoms with van der Waals surface area (Å²) in [6.07, 6.45) is 1.70. The molecule has 0 fully saturated rings. The van der Waals surface area contributed by atoms with Crippen LogP contribution in [-0.4, -0.2) is 43.9 Å². The molecule has 0 aromatic heterocycles. The van der Waals surface area contributed by atoms with Gasteiger partial charge in [-0.05, 0) is 78.1 Å². The molecule has 1 aliphatic heterocycles. The number of halogens is 1. The van der Waals surface area contributed by atoms with Crippen LogP contribution in [0, 0.1) is 5.82 Å². The van der Waals surface area contributed by atoms with Crippen LogP contribution in [0.4, 0.5) is 4.39 Å². The summed E-state index contributed by atoms with van der Waals surface area (Å²) >= 11 is 5.81. The van der Waals surface area contributed by atoms with Crippen LogP contribution in [0.1, 0.15) is 22.7 Å². The fraction of sp³-hybridized carbons (Fsp3) is 0.296. The van der Waals surface area contributed by atoms with Crippen molar-refractivity contribution in [1.29, 1.82) is 0 Å². The zero-order valence-corrected chi connectivity index (χ0v) is 20.2. The van der Waals surface area contributed by atoms with E-state index in [-0.39, 0.29) is 11.9 Å². The van der Waals surface area contributed by atoms with Crippen LogP contribution in [0.5, 0.6) is 17.2 Å². The maximum Gasteiger partial charge on any atom is 0.169 e. The molecule has 4 rings (SSSR count). The average Bonchev–Trinajstić information content (AvgIpc) is 2.87. The largest absolute Gasteiger partial charge is 0.493 e. The molecule has 34 heavy (non-hydrogen) atoms. The van der Waals surface area contributed by atoms with Crippen molar-refractivity contribution in [1.82, 2.24) is 10.2 Å². The van der Waals surface area contributed by atoms with Crippen molar-refractivity contribution < 1.29 is 18.6 Å². The molecule has 3 aromatic rings. The molecular formula is C27H29FN2O3S. The summed E-state index contributed by atoms with van der Waals surface area (Å²) in [5, 5.41) is 4.10. The summed E-state index contributed by atoms with van der Waals surface area (Å²) in [5.41, 5.74) is 3.52. The van der Waals surface area contributed by atoms with E-state index in [1.54, 1.807) is 26.4 Å². The summed E-state index contributed by atoms with van der Waals surface area (Å²) in [7, 11) is 3.27. The van der Waals surface area contributed by atoms with Gasteiger partial charge in [0, 0.05) is 13.1 Å². The minimum absolute atomic E-state index is 0.134. The molecule has 0 amide bonds. The van der Waals surface area contributed by atoms with Gasteiger partial charge in [-0.15, -0.1) is 0 Å². The number of benzene rings is 3. The Morgan fingerprint density at radius 3 is 2.44 bits per heavy atom. The fourth-order valence-corrected chi connectivity index (χ4v) is 4.54.